The molecule has 2 N–H and O–H groups in total. The van der Waals surface area contributed by atoms with Crippen molar-refractivity contribution in [3.63, 3.8) is 0 Å². The Hall–Kier alpha value is -3.13. The average Bonchev–Trinajstić information content (AvgIpc) is 2.99. The molecule has 0 aliphatic rings. The number of ether oxygens (including phenoxy) is 2. The van der Waals surface area contributed by atoms with Crippen LogP contribution in [0.15, 0.2) is 103 Å². The molecule has 0 heterocycles. The van der Waals surface area contributed by atoms with Crippen molar-refractivity contribution in [2.75, 3.05) is 12.4 Å². The lowest BCUT2D eigenvalue weighted by Crippen LogP contribution is -2.34. The van der Waals surface area contributed by atoms with Crippen molar-refractivity contribution in [2.24, 2.45) is 5.73 Å². The number of nitrogens with two attached hydrogens (primary N) is 1. The first-order valence-electron chi connectivity index (χ1n) is 14.7. The van der Waals surface area contributed by atoms with Gasteiger partial charge < -0.3 is 15.2 Å². The Labute approximate surface area is 256 Å². The maximum atomic E-state index is 12.6. The van der Waals surface area contributed by atoms with Crippen LogP contribution in [0.25, 0.3) is 0 Å². The van der Waals surface area contributed by atoms with E-state index in [2.05, 4.69) is 92.4 Å². The first kappa shape index (κ1) is 33.4. The highest BCUT2D eigenvalue weighted by molar-refractivity contribution is 8.00. The zero-order valence-corrected chi connectivity index (χ0v) is 27.1. The molecule has 42 heavy (non-hydrogen) atoms. The van der Waals surface area contributed by atoms with Gasteiger partial charge in [-0.2, -0.15) is 0 Å². The number of carbonyl (C=O) groups excluding carboxylic acids is 2. The molecule has 0 spiro atoms. The minimum atomic E-state index is -1.33. The summed E-state index contributed by atoms with van der Waals surface area (Å²) in [5.41, 5.74) is 9.52. The molecular weight excluding hydrogens is 559 g/mol. The Balaban J connectivity index is 1.77. The Kier molecular flexibility index (Phi) is 13.1. The smallest absolute Gasteiger partial charge is 0.323 e. The van der Waals surface area contributed by atoms with Gasteiger partial charge in [0.15, 0.2) is 0 Å². The molecular formula is C35H45NO4SSi. The fourth-order valence-electron chi connectivity index (χ4n) is 4.54. The molecule has 0 bridgehead atoms. The molecule has 0 saturated carbocycles. The lowest BCUT2D eigenvalue weighted by molar-refractivity contribution is -0.153. The third-order valence-corrected chi connectivity index (χ3v) is 10.3. The number of rotatable bonds is 16. The second kappa shape index (κ2) is 16.5. The van der Waals surface area contributed by atoms with Crippen LogP contribution in [0.4, 0.5) is 0 Å². The third-order valence-electron chi connectivity index (χ3n) is 6.99. The molecule has 0 aliphatic heterocycles. The number of esters is 2. The highest BCUT2D eigenvalue weighted by Gasteiger charge is 2.36. The summed E-state index contributed by atoms with van der Waals surface area (Å²) < 4.78 is 10.7. The van der Waals surface area contributed by atoms with Gasteiger partial charge in [-0.1, -0.05) is 124 Å². The Morgan fingerprint density at radius 1 is 0.881 bits per heavy atom. The van der Waals surface area contributed by atoms with Crippen LogP contribution < -0.4 is 5.73 Å². The van der Waals surface area contributed by atoms with Crippen molar-refractivity contribution in [2.45, 2.75) is 68.8 Å². The van der Waals surface area contributed by atoms with Gasteiger partial charge in [-0.25, -0.2) is 0 Å². The lowest BCUT2D eigenvalue weighted by atomic mass is 9.84. The zero-order chi connectivity index (χ0) is 30.4. The summed E-state index contributed by atoms with van der Waals surface area (Å²) in [5, 5.41) is 0. The molecule has 224 valence electrons. The van der Waals surface area contributed by atoms with Crippen LogP contribution in [-0.2, 0) is 23.8 Å². The molecule has 0 fully saturated rings. The summed E-state index contributed by atoms with van der Waals surface area (Å²) >= 11 is 1.86. The van der Waals surface area contributed by atoms with E-state index in [9.17, 15) is 9.59 Å². The van der Waals surface area contributed by atoms with E-state index >= 15 is 0 Å². The van der Waals surface area contributed by atoms with Crippen LogP contribution >= 0.6 is 11.8 Å². The van der Waals surface area contributed by atoms with Crippen LogP contribution in [-0.4, -0.2) is 44.5 Å². The third kappa shape index (κ3) is 10.0. The van der Waals surface area contributed by atoms with Gasteiger partial charge in [0.2, 0.25) is 0 Å². The fourth-order valence-corrected chi connectivity index (χ4v) is 6.73. The molecule has 5 nitrogen and oxygen atoms in total. The largest absolute Gasteiger partial charge is 0.466 e. The van der Waals surface area contributed by atoms with Crippen molar-refractivity contribution in [1.82, 2.24) is 0 Å². The second-order valence-electron chi connectivity index (χ2n) is 11.6. The van der Waals surface area contributed by atoms with Crippen LogP contribution in [0, 0.1) is 0 Å². The Bertz CT molecular complexity index is 1170. The fraction of sp³-hybridized carbons (Fsp3) is 0.371. The number of allylic oxidation sites excluding steroid dienone is 1. The second-order valence-corrected chi connectivity index (χ2v) is 18.5. The van der Waals surface area contributed by atoms with Crippen molar-refractivity contribution in [3.05, 3.63) is 120 Å². The highest BCUT2D eigenvalue weighted by atomic mass is 32.2. The molecule has 0 radical (unpaired) electrons. The van der Waals surface area contributed by atoms with Gasteiger partial charge >= 0.3 is 11.9 Å². The highest BCUT2D eigenvalue weighted by Crippen LogP contribution is 2.48. The van der Waals surface area contributed by atoms with Gasteiger partial charge in [0.1, 0.15) is 12.1 Å². The summed E-state index contributed by atoms with van der Waals surface area (Å²) in [5.74, 6) is -0.0793. The monoisotopic (exact) mass is 603 g/mol. The van der Waals surface area contributed by atoms with Gasteiger partial charge in [-0.15, -0.1) is 11.8 Å². The summed E-state index contributed by atoms with van der Waals surface area (Å²) in [7, 11) is -1.33. The molecule has 2 atom stereocenters. The maximum absolute atomic E-state index is 12.6. The van der Waals surface area contributed by atoms with Gasteiger partial charge in [0.05, 0.1) is 17.8 Å². The number of hydrogen-bond donors (Lipinski definition) is 1. The Morgan fingerprint density at radius 2 is 1.38 bits per heavy atom. The lowest BCUT2D eigenvalue weighted by Gasteiger charge is -2.35. The van der Waals surface area contributed by atoms with Gasteiger partial charge in [-0.3, -0.25) is 9.59 Å². The molecule has 7 heteroatoms. The first-order chi connectivity index (χ1) is 20.2. The van der Waals surface area contributed by atoms with E-state index in [1.807, 2.05) is 43.0 Å². The van der Waals surface area contributed by atoms with E-state index < -0.39 is 30.9 Å². The Morgan fingerprint density at radius 3 is 1.83 bits per heavy atom. The molecule has 3 aromatic carbocycles. The summed E-state index contributed by atoms with van der Waals surface area (Å²) in [4.78, 5) is 25.1. The molecule has 0 saturated heterocycles. The van der Waals surface area contributed by atoms with Crippen molar-refractivity contribution in [3.8, 4) is 0 Å². The van der Waals surface area contributed by atoms with Gasteiger partial charge in [0, 0.05) is 8.07 Å². The van der Waals surface area contributed by atoms with E-state index in [-0.39, 0.29) is 12.4 Å². The first-order valence-corrected chi connectivity index (χ1v) is 19.4. The van der Waals surface area contributed by atoms with Crippen LogP contribution in [0.1, 0.15) is 42.9 Å². The summed E-state index contributed by atoms with van der Waals surface area (Å²) in [6.45, 7) is 8.93. The van der Waals surface area contributed by atoms with Crippen LogP contribution in [0.3, 0.4) is 0 Å². The van der Waals surface area contributed by atoms with Gasteiger partial charge in [0.25, 0.3) is 0 Å². The minimum Gasteiger partial charge on any atom is -0.466 e. The molecule has 3 rings (SSSR count). The quantitative estimate of drug-likeness (QED) is 0.0598. The topological polar surface area (TPSA) is 78.6 Å². The van der Waals surface area contributed by atoms with E-state index in [0.717, 1.165) is 18.2 Å². The minimum absolute atomic E-state index is 0.0283. The predicted octanol–water partition coefficient (Wildman–Crippen LogP) is 7.58. The molecule has 0 aromatic heterocycles. The van der Waals surface area contributed by atoms with Crippen molar-refractivity contribution < 1.29 is 19.1 Å². The van der Waals surface area contributed by atoms with E-state index in [1.54, 1.807) is 6.08 Å². The van der Waals surface area contributed by atoms with Crippen molar-refractivity contribution >= 4 is 31.8 Å². The zero-order valence-electron chi connectivity index (χ0n) is 25.3. The predicted molar refractivity (Wildman–Crippen MR) is 177 cm³/mol. The van der Waals surface area contributed by atoms with E-state index in [0.29, 0.717) is 13.0 Å². The summed E-state index contributed by atoms with van der Waals surface area (Å²) in [6.07, 6.45) is 4.23. The van der Waals surface area contributed by atoms with Crippen LogP contribution in [0.2, 0.25) is 25.7 Å². The average molecular weight is 604 g/mol. The number of thioether (sulfide) groups is 1. The molecule has 0 aliphatic carbocycles. The van der Waals surface area contributed by atoms with Crippen LogP contribution in [0.5, 0.6) is 0 Å². The number of carbonyl (C=O) groups is 2. The standard InChI is InChI=1S/C35H45NO4SSi/c1-5-32(36)34(38)40-31(27-33(37)39-24-26-42(2,3)4)23-15-16-25-41-35(28-17-9-6-10-18-28,29-19-11-7-12-20-29)30-21-13-8-14-22-30/h6-15,17-23,31-32H,5,16,24-27,36H2,1-4H3/b23-15+/t31-,32+/m1/s1. The molecule has 0 unspecified atom stereocenters. The SMILES string of the molecule is CC[C@H](N)C(=O)O[C@H](/C=C/CCSC(c1ccccc1)(c1ccccc1)c1ccccc1)CC(=O)OCC[Si](C)(C)C. The van der Waals surface area contributed by atoms with Crippen molar-refractivity contribution in [1.29, 1.82) is 0 Å². The van der Waals surface area contributed by atoms with Gasteiger partial charge in [-0.05, 0) is 47.4 Å². The molecule has 0 amide bonds. The number of hydrogen-bond acceptors (Lipinski definition) is 6. The maximum Gasteiger partial charge on any atom is 0.323 e. The van der Waals surface area contributed by atoms with E-state index in [4.69, 9.17) is 15.2 Å². The van der Waals surface area contributed by atoms with E-state index in [1.165, 1.54) is 16.7 Å². The number of benzene rings is 3. The normalized spacial score (nSPS) is 13.5. The summed E-state index contributed by atoms with van der Waals surface area (Å²) in [6, 6.07) is 31.9. The molecule has 3 aromatic rings.